The average Bonchev–Trinajstić information content (AvgIpc) is 2.76. The quantitative estimate of drug-likeness (QED) is 0.606. The molecule has 1 fully saturated rings. The molecule has 1 aliphatic rings. The lowest BCUT2D eigenvalue weighted by Gasteiger charge is -2.34. The molecule has 1 aliphatic heterocycles. The number of aryl methyl sites for hydroxylation is 1. The SMILES string of the molecule is Cc1cccc(CN2CCN(C(=O)COC(=O)CNC(=O)c3cccc(Br)c3)CC2)c1. The van der Waals surface area contributed by atoms with Crippen LogP contribution in [0.2, 0.25) is 0 Å². The average molecular weight is 488 g/mol. The number of benzene rings is 2. The van der Waals surface area contributed by atoms with Gasteiger partial charge < -0.3 is 15.0 Å². The molecule has 2 aromatic carbocycles. The third-order valence-corrected chi connectivity index (χ3v) is 5.54. The Morgan fingerprint density at radius 1 is 1.03 bits per heavy atom. The van der Waals surface area contributed by atoms with Crippen LogP contribution in [-0.2, 0) is 20.9 Å². The van der Waals surface area contributed by atoms with Crippen molar-refractivity contribution in [3.63, 3.8) is 0 Å². The smallest absolute Gasteiger partial charge is 0.325 e. The Morgan fingerprint density at radius 3 is 2.48 bits per heavy atom. The Hall–Kier alpha value is -2.71. The van der Waals surface area contributed by atoms with Crippen molar-refractivity contribution in [1.82, 2.24) is 15.1 Å². The monoisotopic (exact) mass is 487 g/mol. The molecular formula is C23H26BrN3O4. The van der Waals surface area contributed by atoms with Gasteiger partial charge in [0, 0.05) is 42.8 Å². The van der Waals surface area contributed by atoms with E-state index in [0.717, 1.165) is 24.1 Å². The Bertz CT molecular complexity index is 942. The molecule has 0 bridgehead atoms. The van der Waals surface area contributed by atoms with Crippen LogP contribution < -0.4 is 5.32 Å². The summed E-state index contributed by atoms with van der Waals surface area (Å²) in [5.74, 6) is -1.24. The van der Waals surface area contributed by atoms with Crippen molar-refractivity contribution in [1.29, 1.82) is 0 Å². The van der Waals surface area contributed by atoms with Crippen molar-refractivity contribution in [2.45, 2.75) is 13.5 Å². The highest BCUT2D eigenvalue weighted by Gasteiger charge is 2.22. The number of halogens is 1. The fraction of sp³-hybridized carbons (Fsp3) is 0.348. The first-order valence-electron chi connectivity index (χ1n) is 10.2. The van der Waals surface area contributed by atoms with E-state index >= 15 is 0 Å². The van der Waals surface area contributed by atoms with Gasteiger partial charge >= 0.3 is 5.97 Å². The molecule has 2 aromatic rings. The summed E-state index contributed by atoms with van der Waals surface area (Å²) in [6.07, 6.45) is 0. The van der Waals surface area contributed by atoms with Crippen LogP contribution in [0.5, 0.6) is 0 Å². The number of carbonyl (C=O) groups excluding carboxylic acids is 3. The van der Waals surface area contributed by atoms with Crippen LogP contribution in [0.25, 0.3) is 0 Å². The van der Waals surface area contributed by atoms with Crippen molar-refractivity contribution < 1.29 is 19.1 Å². The predicted molar refractivity (Wildman–Crippen MR) is 120 cm³/mol. The normalized spacial score (nSPS) is 14.2. The standard InChI is InChI=1S/C23H26BrN3O4/c1-17-4-2-5-18(12-17)15-26-8-10-27(11-9-26)21(28)16-31-22(29)14-25-23(30)19-6-3-7-20(24)13-19/h2-7,12-13H,8-11,14-16H2,1H3,(H,25,30). The lowest BCUT2D eigenvalue weighted by Crippen LogP contribution is -2.49. The first-order chi connectivity index (χ1) is 14.9. The maximum atomic E-state index is 12.3. The number of rotatable bonds is 7. The minimum absolute atomic E-state index is 0.220. The van der Waals surface area contributed by atoms with Gasteiger partial charge in [-0.05, 0) is 30.7 Å². The van der Waals surface area contributed by atoms with E-state index in [1.165, 1.54) is 11.1 Å². The molecule has 0 unspecified atom stereocenters. The number of hydrogen-bond donors (Lipinski definition) is 1. The molecule has 0 radical (unpaired) electrons. The molecule has 0 saturated carbocycles. The number of carbonyl (C=O) groups is 3. The van der Waals surface area contributed by atoms with Gasteiger partial charge in [0.25, 0.3) is 11.8 Å². The Balaban J connectivity index is 1.35. The fourth-order valence-corrected chi connectivity index (χ4v) is 3.79. The molecule has 31 heavy (non-hydrogen) atoms. The molecule has 0 aromatic heterocycles. The summed E-state index contributed by atoms with van der Waals surface area (Å²) in [5.41, 5.74) is 2.93. The van der Waals surface area contributed by atoms with Gasteiger partial charge in [0.2, 0.25) is 0 Å². The van der Waals surface area contributed by atoms with Crippen LogP contribution >= 0.6 is 15.9 Å². The van der Waals surface area contributed by atoms with E-state index in [2.05, 4.69) is 57.3 Å². The number of nitrogens with zero attached hydrogens (tertiary/aromatic N) is 2. The van der Waals surface area contributed by atoms with E-state index in [9.17, 15) is 14.4 Å². The number of hydrogen-bond acceptors (Lipinski definition) is 5. The highest BCUT2D eigenvalue weighted by Crippen LogP contribution is 2.12. The third kappa shape index (κ3) is 7.18. The number of amides is 2. The molecule has 3 rings (SSSR count). The van der Waals surface area contributed by atoms with Crippen LogP contribution in [0.4, 0.5) is 0 Å². The molecule has 164 valence electrons. The van der Waals surface area contributed by atoms with Crippen LogP contribution in [0, 0.1) is 6.92 Å². The van der Waals surface area contributed by atoms with E-state index in [1.54, 1.807) is 29.2 Å². The van der Waals surface area contributed by atoms with Crippen molar-refractivity contribution in [2.75, 3.05) is 39.3 Å². The molecule has 0 atom stereocenters. The van der Waals surface area contributed by atoms with Gasteiger partial charge in [0.05, 0.1) is 0 Å². The maximum Gasteiger partial charge on any atom is 0.325 e. The minimum atomic E-state index is -0.644. The topological polar surface area (TPSA) is 79.0 Å². The van der Waals surface area contributed by atoms with Gasteiger partial charge in [-0.15, -0.1) is 0 Å². The maximum absolute atomic E-state index is 12.3. The second kappa shape index (κ2) is 11.1. The van der Waals surface area contributed by atoms with Crippen LogP contribution in [0.3, 0.4) is 0 Å². The van der Waals surface area contributed by atoms with Crippen LogP contribution in [0.1, 0.15) is 21.5 Å². The molecule has 8 heteroatoms. The number of piperazine rings is 1. The van der Waals surface area contributed by atoms with E-state index in [4.69, 9.17) is 4.74 Å². The lowest BCUT2D eigenvalue weighted by atomic mass is 10.1. The van der Waals surface area contributed by atoms with Gasteiger partial charge in [-0.25, -0.2) is 0 Å². The van der Waals surface area contributed by atoms with Crippen molar-refractivity contribution in [3.8, 4) is 0 Å². The number of nitrogens with one attached hydrogen (secondary N) is 1. The molecule has 1 heterocycles. The summed E-state index contributed by atoms with van der Waals surface area (Å²) >= 11 is 3.30. The third-order valence-electron chi connectivity index (χ3n) is 5.05. The second-order valence-corrected chi connectivity index (χ2v) is 8.42. The fourth-order valence-electron chi connectivity index (χ4n) is 3.39. The van der Waals surface area contributed by atoms with Crippen LogP contribution in [-0.4, -0.2) is 66.9 Å². The van der Waals surface area contributed by atoms with Crippen molar-refractivity contribution in [2.24, 2.45) is 0 Å². The largest absolute Gasteiger partial charge is 0.454 e. The Kier molecular flexibility index (Phi) is 8.20. The van der Waals surface area contributed by atoms with Gasteiger partial charge in [0.1, 0.15) is 6.54 Å². The zero-order valence-corrected chi connectivity index (χ0v) is 19.1. The van der Waals surface area contributed by atoms with E-state index in [1.807, 2.05) is 0 Å². The first kappa shape index (κ1) is 23.0. The Labute approximate surface area is 190 Å². The van der Waals surface area contributed by atoms with Gasteiger partial charge in [-0.2, -0.15) is 0 Å². The first-order valence-corrected chi connectivity index (χ1v) is 10.9. The molecule has 1 saturated heterocycles. The molecule has 0 aliphatic carbocycles. The lowest BCUT2D eigenvalue weighted by molar-refractivity contribution is -0.151. The van der Waals surface area contributed by atoms with Gasteiger partial charge in [-0.3, -0.25) is 19.3 Å². The van der Waals surface area contributed by atoms with Crippen LogP contribution in [0.15, 0.2) is 53.0 Å². The zero-order chi connectivity index (χ0) is 22.2. The van der Waals surface area contributed by atoms with Gasteiger partial charge in [-0.1, -0.05) is 51.8 Å². The van der Waals surface area contributed by atoms with Crippen molar-refractivity contribution >= 4 is 33.7 Å². The molecular weight excluding hydrogens is 462 g/mol. The summed E-state index contributed by atoms with van der Waals surface area (Å²) < 4.78 is 5.81. The number of esters is 1. The zero-order valence-electron chi connectivity index (χ0n) is 17.5. The van der Waals surface area contributed by atoms with Crippen molar-refractivity contribution in [3.05, 3.63) is 69.7 Å². The summed E-state index contributed by atoms with van der Waals surface area (Å²) in [6, 6.07) is 15.3. The molecule has 2 amide bonds. The Morgan fingerprint density at radius 2 is 1.77 bits per heavy atom. The summed E-state index contributed by atoms with van der Waals surface area (Å²) in [6.45, 7) is 5.08. The molecule has 1 N–H and O–H groups in total. The van der Waals surface area contributed by atoms with E-state index in [-0.39, 0.29) is 25.0 Å². The van der Waals surface area contributed by atoms with E-state index < -0.39 is 5.97 Å². The molecule has 0 spiro atoms. The summed E-state index contributed by atoms with van der Waals surface area (Å²) in [4.78, 5) is 40.3. The van der Waals surface area contributed by atoms with E-state index in [0.29, 0.717) is 18.7 Å². The highest BCUT2D eigenvalue weighted by molar-refractivity contribution is 9.10. The minimum Gasteiger partial charge on any atom is -0.454 e. The highest BCUT2D eigenvalue weighted by atomic mass is 79.9. The summed E-state index contributed by atoms with van der Waals surface area (Å²) in [7, 11) is 0. The predicted octanol–water partition coefficient (Wildman–Crippen LogP) is 2.37. The number of ether oxygens (including phenoxy) is 1. The van der Waals surface area contributed by atoms with Gasteiger partial charge in [0.15, 0.2) is 6.61 Å². The summed E-state index contributed by atoms with van der Waals surface area (Å²) in [5, 5.41) is 2.50. The second-order valence-electron chi connectivity index (χ2n) is 7.50. The molecule has 7 nitrogen and oxygen atoms in total.